The van der Waals surface area contributed by atoms with E-state index >= 15 is 0 Å². The van der Waals surface area contributed by atoms with Gasteiger partial charge in [-0.3, -0.25) is 9.52 Å². The molecule has 1 aromatic heterocycles. The van der Waals surface area contributed by atoms with E-state index in [1.54, 1.807) is 29.5 Å². The van der Waals surface area contributed by atoms with Gasteiger partial charge in [0.25, 0.3) is 0 Å². The number of aryl methyl sites for hydroxylation is 1. The number of carbonyl (C=O) groups excluding carboxylic acids is 1. The van der Waals surface area contributed by atoms with Crippen LogP contribution >= 0.6 is 11.3 Å². The second kappa shape index (κ2) is 7.42. The highest BCUT2D eigenvalue weighted by Gasteiger charge is 2.05. The van der Waals surface area contributed by atoms with Gasteiger partial charge in [0.2, 0.25) is 15.9 Å². The monoisotopic (exact) mass is 338 g/mol. The SMILES string of the molecule is CS(=O)(=O)Nc1cccc(CNC(=O)CCc2ccsc2)c1. The van der Waals surface area contributed by atoms with Crippen LogP contribution in [0, 0.1) is 0 Å². The molecule has 7 heteroatoms. The van der Waals surface area contributed by atoms with E-state index in [9.17, 15) is 13.2 Å². The van der Waals surface area contributed by atoms with Crippen molar-refractivity contribution < 1.29 is 13.2 Å². The summed E-state index contributed by atoms with van der Waals surface area (Å²) in [5, 5.41) is 6.87. The Morgan fingerprint density at radius 2 is 2.05 bits per heavy atom. The largest absolute Gasteiger partial charge is 0.352 e. The highest BCUT2D eigenvalue weighted by molar-refractivity contribution is 7.92. The molecule has 0 fully saturated rings. The lowest BCUT2D eigenvalue weighted by molar-refractivity contribution is -0.121. The number of rotatable bonds is 7. The molecule has 22 heavy (non-hydrogen) atoms. The summed E-state index contributed by atoms with van der Waals surface area (Å²) in [7, 11) is -3.30. The van der Waals surface area contributed by atoms with Gasteiger partial charge in [0.15, 0.2) is 0 Å². The third-order valence-electron chi connectivity index (χ3n) is 2.94. The molecule has 0 spiro atoms. The summed E-state index contributed by atoms with van der Waals surface area (Å²) in [6.07, 6.45) is 2.27. The third-order valence-corrected chi connectivity index (χ3v) is 4.28. The summed E-state index contributed by atoms with van der Waals surface area (Å²) in [5.41, 5.74) is 2.50. The number of carbonyl (C=O) groups is 1. The Hall–Kier alpha value is -1.86. The van der Waals surface area contributed by atoms with E-state index in [1.165, 1.54) is 5.56 Å². The molecule has 1 amide bonds. The molecule has 2 aromatic rings. The van der Waals surface area contributed by atoms with Crippen molar-refractivity contribution in [2.24, 2.45) is 0 Å². The fraction of sp³-hybridized carbons (Fsp3) is 0.267. The van der Waals surface area contributed by atoms with Gasteiger partial charge in [0.05, 0.1) is 6.26 Å². The number of nitrogens with one attached hydrogen (secondary N) is 2. The third kappa shape index (κ3) is 5.87. The molecule has 0 unspecified atom stereocenters. The van der Waals surface area contributed by atoms with E-state index in [1.807, 2.05) is 22.9 Å². The van der Waals surface area contributed by atoms with Gasteiger partial charge in [0.1, 0.15) is 0 Å². The lowest BCUT2D eigenvalue weighted by Crippen LogP contribution is -2.23. The average molecular weight is 338 g/mol. The summed E-state index contributed by atoms with van der Waals surface area (Å²) in [4.78, 5) is 11.8. The second-order valence-corrected chi connectivity index (χ2v) is 7.51. The van der Waals surface area contributed by atoms with Crippen LogP contribution in [0.2, 0.25) is 0 Å². The molecular formula is C15H18N2O3S2. The Morgan fingerprint density at radius 1 is 1.23 bits per heavy atom. The van der Waals surface area contributed by atoms with E-state index in [4.69, 9.17) is 0 Å². The molecule has 0 aliphatic carbocycles. The minimum Gasteiger partial charge on any atom is -0.352 e. The van der Waals surface area contributed by atoms with Gasteiger partial charge in [0, 0.05) is 18.7 Å². The predicted octanol–water partition coefficient (Wildman–Crippen LogP) is 2.37. The zero-order valence-corrected chi connectivity index (χ0v) is 13.8. The quantitative estimate of drug-likeness (QED) is 0.814. The summed E-state index contributed by atoms with van der Waals surface area (Å²) >= 11 is 1.62. The van der Waals surface area contributed by atoms with Gasteiger partial charge in [-0.05, 0) is 46.5 Å². The summed E-state index contributed by atoms with van der Waals surface area (Å²) in [6.45, 7) is 0.377. The van der Waals surface area contributed by atoms with Crippen LogP contribution in [0.4, 0.5) is 5.69 Å². The first-order valence-corrected chi connectivity index (χ1v) is 9.60. The first-order valence-electron chi connectivity index (χ1n) is 6.77. The molecule has 0 aliphatic heterocycles. The van der Waals surface area contributed by atoms with Crippen LogP contribution in [0.25, 0.3) is 0 Å². The van der Waals surface area contributed by atoms with E-state index in [2.05, 4.69) is 10.0 Å². The number of amides is 1. The maximum absolute atomic E-state index is 11.8. The van der Waals surface area contributed by atoms with Crippen molar-refractivity contribution in [1.29, 1.82) is 0 Å². The molecule has 1 heterocycles. The van der Waals surface area contributed by atoms with Crippen LogP contribution in [-0.2, 0) is 27.8 Å². The maximum Gasteiger partial charge on any atom is 0.229 e. The zero-order chi connectivity index (χ0) is 16.0. The molecule has 2 N–H and O–H groups in total. The van der Waals surface area contributed by atoms with Crippen LogP contribution in [0.5, 0.6) is 0 Å². The highest BCUT2D eigenvalue weighted by atomic mass is 32.2. The molecule has 118 valence electrons. The number of sulfonamides is 1. The number of benzene rings is 1. The minimum absolute atomic E-state index is 0.0207. The summed E-state index contributed by atoms with van der Waals surface area (Å²) < 4.78 is 24.8. The molecule has 5 nitrogen and oxygen atoms in total. The standard InChI is InChI=1S/C15H18N2O3S2/c1-22(19,20)17-14-4-2-3-13(9-14)10-16-15(18)6-5-12-7-8-21-11-12/h2-4,7-9,11,17H,5-6,10H2,1H3,(H,16,18). The van der Waals surface area contributed by atoms with Crippen LogP contribution < -0.4 is 10.0 Å². The highest BCUT2D eigenvalue weighted by Crippen LogP contribution is 2.12. The van der Waals surface area contributed by atoms with Crippen LogP contribution in [0.1, 0.15) is 17.5 Å². The van der Waals surface area contributed by atoms with E-state index in [0.29, 0.717) is 18.7 Å². The smallest absolute Gasteiger partial charge is 0.229 e. The van der Waals surface area contributed by atoms with Gasteiger partial charge in [-0.2, -0.15) is 11.3 Å². The fourth-order valence-electron chi connectivity index (χ4n) is 1.94. The van der Waals surface area contributed by atoms with Gasteiger partial charge >= 0.3 is 0 Å². The van der Waals surface area contributed by atoms with Crippen molar-refractivity contribution in [1.82, 2.24) is 5.32 Å². The molecular weight excluding hydrogens is 320 g/mol. The predicted molar refractivity (Wildman–Crippen MR) is 89.4 cm³/mol. The van der Waals surface area contributed by atoms with Crippen molar-refractivity contribution in [3.05, 3.63) is 52.2 Å². The average Bonchev–Trinajstić information content (AvgIpc) is 2.95. The number of anilines is 1. The zero-order valence-electron chi connectivity index (χ0n) is 12.2. The molecule has 0 radical (unpaired) electrons. The van der Waals surface area contributed by atoms with Gasteiger partial charge < -0.3 is 5.32 Å². The molecule has 1 aromatic carbocycles. The number of hydrogen-bond donors (Lipinski definition) is 2. The Balaban J connectivity index is 1.83. The van der Waals surface area contributed by atoms with Crippen LogP contribution in [0.15, 0.2) is 41.1 Å². The number of hydrogen-bond acceptors (Lipinski definition) is 4. The van der Waals surface area contributed by atoms with E-state index in [0.717, 1.165) is 18.2 Å². The Labute approximate surface area is 134 Å². The molecule has 0 saturated heterocycles. The Bertz CT molecular complexity index is 725. The minimum atomic E-state index is -3.30. The van der Waals surface area contributed by atoms with Crippen molar-refractivity contribution in [2.45, 2.75) is 19.4 Å². The maximum atomic E-state index is 11.8. The van der Waals surface area contributed by atoms with Gasteiger partial charge in [-0.25, -0.2) is 8.42 Å². The normalized spacial score (nSPS) is 11.1. The topological polar surface area (TPSA) is 75.3 Å². The molecule has 0 saturated carbocycles. The van der Waals surface area contributed by atoms with Crippen molar-refractivity contribution in [3.8, 4) is 0 Å². The fourth-order valence-corrected chi connectivity index (χ4v) is 3.20. The Morgan fingerprint density at radius 3 is 2.73 bits per heavy atom. The van der Waals surface area contributed by atoms with E-state index in [-0.39, 0.29) is 5.91 Å². The molecule has 2 rings (SSSR count). The van der Waals surface area contributed by atoms with Crippen LogP contribution in [0.3, 0.4) is 0 Å². The van der Waals surface area contributed by atoms with Crippen molar-refractivity contribution in [3.63, 3.8) is 0 Å². The summed E-state index contributed by atoms with van der Waals surface area (Å²) in [5.74, 6) is -0.0207. The molecule has 0 aliphatic rings. The molecule has 0 atom stereocenters. The summed E-state index contributed by atoms with van der Waals surface area (Å²) in [6, 6.07) is 8.98. The lowest BCUT2D eigenvalue weighted by Gasteiger charge is -2.08. The van der Waals surface area contributed by atoms with E-state index < -0.39 is 10.0 Å². The first kappa shape index (κ1) is 16.5. The van der Waals surface area contributed by atoms with Crippen molar-refractivity contribution >= 4 is 33.0 Å². The first-order chi connectivity index (χ1) is 10.4. The lowest BCUT2D eigenvalue weighted by atomic mass is 10.1. The van der Waals surface area contributed by atoms with Crippen molar-refractivity contribution in [2.75, 3.05) is 11.0 Å². The Kier molecular flexibility index (Phi) is 5.57. The second-order valence-electron chi connectivity index (χ2n) is 4.98. The van der Waals surface area contributed by atoms with Gasteiger partial charge in [-0.1, -0.05) is 12.1 Å². The molecule has 0 bridgehead atoms. The van der Waals surface area contributed by atoms with Crippen LogP contribution in [-0.4, -0.2) is 20.6 Å². The number of thiophene rings is 1. The van der Waals surface area contributed by atoms with Gasteiger partial charge in [-0.15, -0.1) is 0 Å².